The first-order valence-electron chi connectivity index (χ1n) is 9.59. The fourth-order valence-corrected chi connectivity index (χ4v) is 3.87. The smallest absolute Gasteiger partial charge is 0.143 e. The number of Topliss-reactive ketones (excluding diaryl/α,β-unsaturated/α-hetero) is 2. The van der Waals surface area contributed by atoms with Crippen molar-refractivity contribution in [1.29, 1.82) is 0 Å². The van der Waals surface area contributed by atoms with Crippen LogP contribution in [0.4, 0.5) is 5.82 Å². The van der Waals surface area contributed by atoms with E-state index in [0.717, 1.165) is 63.3 Å². The van der Waals surface area contributed by atoms with Gasteiger partial charge in [-0.2, -0.15) is 0 Å². The molecule has 3 heterocycles. The molecule has 0 aromatic carbocycles. The topological polar surface area (TPSA) is 62.3 Å². The number of ketones is 2. The summed E-state index contributed by atoms with van der Waals surface area (Å²) in [4.78, 5) is 30.3. The lowest BCUT2D eigenvalue weighted by molar-refractivity contribution is -0.123. The van der Waals surface area contributed by atoms with E-state index in [1.54, 1.807) is 6.92 Å². The van der Waals surface area contributed by atoms with Gasteiger partial charge in [0.15, 0.2) is 0 Å². The van der Waals surface area contributed by atoms with Crippen molar-refractivity contribution in [3.8, 4) is 0 Å². The molecule has 0 aliphatic carbocycles. The first-order chi connectivity index (χ1) is 12.1. The maximum Gasteiger partial charge on any atom is 0.143 e. The molecule has 0 unspecified atom stereocenters. The molecule has 0 saturated carbocycles. The standard InChI is InChI=1S/C20H29N3O2/c1-15(24)13-23-12-10-17(14-23)19(25)7-3-2-6-18-9-8-16-5-4-11-21-20(16)22-18/h8-9,17H,2-7,10-14H2,1H3,(H,21,22)/t17-/m1/s1. The molecule has 25 heavy (non-hydrogen) atoms. The zero-order valence-corrected chi connectivity index (χ0v) is 15.2. The van der Waals surface area contributed by atoms with Gasteiger partial charge in [-0.05, 0) is 63.6 Å². The number of hydrogen-bond acceptors (Lipinski definition) is 5. The summed E-state index contributed by atoms with van der Waals surface area (Å²) in [5.74, 6) is 1.73. The largest absolute Gasteiger partial charge is 0.370 e. The quantitative estimate of drug-likeness (QED) is 0.735. The van der Waals surface area contributed by atoms with Crippen LogP contribution < -0.4 is 5.32 Å². The minimum atomic E-state index is 0.130. The minimum absolute atomic E-state index is 0.130. The Morgan fingerprint density at radius 3 is 3.04 bits per heavy atom. The van der Waals surface area contributed by atoms with Crippen molar-refractivity contribution in [3.05, 3.63) is 23.4 Å². The van der Waals surface area contributed by atoms with Gasteiger partial charge in [-0.3, -0.25) is 14.5 Å². The van der Waals surface area contributed by atoms with Crippen LogP contribution in [0.25, 0.3) is 0 Å². The number of pyridine rings is 1. The normalized spacial score (nSPS) is 20.1. The number of likely N-dealkylation sites (tertiary alicyclic amines) is 1. The maximum atomic E-state index is 12.3. The van der Waals surface area contributed by atoms with Crippen LogP contribution in [0.5, 0.6) is 0 Å². The molecular formula is C20H29N3O2. The van der Waals surface area contributed by atoms with Gasteiger partial charge in [0, 0.05) is 31.1 Å². The SMILES string of the molecule is CC(=O)CN1CC[C@@H](C(=O)CCCCc2ccc3c(n2)NCCC3)C1. The Balaban J connectivity index is 1.37. The summed E-state index contributed by atoms with van der Waals surface area (Å²) in [7, 11) is 0. The molecule has 1 fully saturated rings. The van der Waals surface area contributed by atoms with Gasteiger partial charge in [0.05, 0.1) is 6.54 Å². The summed E-state index contributed by atoms with van der Waals surface area (Å²) in [6, 6.07) is 4.32. The molecular weight excluding hydrogens is 314 g/mol. The van der Waals surface area contributed by atoms with E-state index in [1.807, 2.05) is 0 Å². The number of rotatable bonds is 8. The first-order valence-corrected chi connectivity index (χ1v) is 9.59. The minimum Gasteiger partial charge on any atom is -0.370 e. The lowest BCUT2D eigenvalue weighted by atomic mass is 9.98. The average Bonchev–Trinajstić information content (AvgIpc) is 3.06. The molecule has 1 saturated heterocycles. The second kappa shape index (κ2) is 8.56. The van der Waals surface area contributed by atoms with Crippen LogP contribution in [0.3, 0.4) is 0 Å². The highest BCUT2D eigenvalue weighted by atomic mass is 16.1. The second-order valence-corrected chi connectivity index (χ2v) is 7.44. The number of carbonyl (C=O) groups is 2. The van der Waals surface area contributed by atoms with Crippen LogP contribution in [0.1, 0.15) is 50.3 Å². The van der Waals surface area contributed by atoms with Crippen LogP contribution in [0.15, 0.2) is 12.1 Å². The summed E-state index contributed by atoms with van der Waals surface area (Å²) < 4.78 is 0. The van der Waals surface area contributed by atoms with Gasteiger partial charge in [0.2, 0.25) is 0 Å². The summed E-state index contributed by atoms with van der Waals surface area (Å²) >= 11 is 0. The summed E-state index contributed by atoms with van der Waals surface area (Å²) in [5, 5.41) is 3.37. The van der Waals surface area contributed by atoms with Gasteiger partial charge in [-0.1, -0.05) is 6.07 Å². The number of anilines is 1. The predicted molar refractivity (Wildman–Crippen MR) is 98.8 cm³/mol. The zero-order valence-electron chi connectivity index (χ0n) is 15.2. The fourth-order valence-electron chi connectivity index (χ4n) is 3.87. The first kappa shape index (κ1) is 18.1. The van der Waals surface area contributed by atoms with Gasteiger partial charge in [-0.15, -0.1) is 0 Å². The van der Waals surface area contributed by atoms with Crippen molar-refractivity contribution in [2.45, 2.75) is 51.9 Å². The lowest BCUT2D eigenvalue weighted by Gasteiger charge is -2.17. The zero-order chi connectivity index (χ0) is 17.6. The molecule has 136 valence electrons. The Morgan fingerprint density at radius 1 is 1.32 bits per heavy atom. The number of carbonyl (C=O) groups excluding carboxylic acids is 2. The van der Waals surface area contributed by atoms with Crippen LogP contribution in [0.2, 0.25) is 0 Å². The average molecular weight is 343 g/mol. The monoisotopic (exact) mass is 343 g/mol. The van der Waals surface area contributed by atoms with E-state index in [0.29, 0.717) is 18.7 Å². The van der Waals surface area contributed by atoms with Crippen LogP contribution in [-0.2, 0) is 22.4 Å². The van der Waals surface area contributed by atoms with Crippen LogP contribution in [0, 0.1) is 5.92 Å². The van der Waals surface area contributed by atoms with Crippen molar-refractivity contribution in [3.63, 3.8) is 0 Å². The number of nitrogens with one attached hydrogen (secondary N) is 1. The summed E-state index contributed by atoms with van der Waals surface area (Å²) in [6.45, 7) is 4.75. The van der Waals surface area contributed by atoms with Crippen molar-refractivity contribution in [1.82, 2.24) is 9.88 Å². The van der Waals surface area contributed by atoms with Crippen molar-refractivity contribution < 1.29 is 9.59 Å². The molecule has 1 atom stereocenters. The van der Waals surface area contributed by atoms with Gasteiger partial charge in [0.25, 0.3) is 0 Å². The molecule has 0 bridgehead atoms. The number of fused-ring (bicyclic) bond motifs is 1. The van der Waals surface area contributed by atoms with Gasteiger partial charge >= 0.3 is 0 Å². The summed E-state index contributed by atoms with van der Waals surface area (Å²) in [6.07, 6.45) is 6.72. The van der Waals surface area contributed by atoms with E-state index in [2.05, 4.69) is 22.3 Å². The van der Waals surface area contributed by atoms with Crippen molar-refractivity contribution >= 4 is 17.4 Å². The Hall–Kier alpha value is -1.75. The van der Waals surface area contributed by atoms with Crippen LogP contribution >= 0.6 is 0 Å². The third-order valence-electron chi connectivity index (χ3n) is 5.23. The predicted octanol–water partition coefficient (Wildman–Crippen LogP) is 2.63. The molecule has 5 nitrogen and oxygen atoms in total. The third kappa shape index (κ3) is 5.11. The number of aryl methyl sites for hydroxylation is 2. The van der Waals surface area contributed by atoms with E-state index in [9.17, 15) is 9.59 Å². The molecule has 1 N–H and O–H groups in total. The number of aromatic nitrogens is 1. The summed E-state index contributed by atoms with van der Waals surface area (Å²) in [5.41, 5.74) is 2.44. The highest BCUT2D eigenvalue weighted by Gasteiger charge is 2.27. The number of nitrogens with zero attached hydrogens (tertiary/aromatic N) is 2. The molecule has 2 aliphatic rings. The molecule has 0 radical (unpaired) electrons. The molecule has 3 rings (SSSR count). The number of hydrogen-bond donors (Lipinski definition) is 1. The second-order valence-electron chi connectivity index (χ2n) is 7.44. The fraction of sp³-hybridized carbons (Fsp3) is 0.650. The molecule has 1 aromatic rings. The Labute approximate surface area is 150 Å². The van der Waals surface area contributed by atoms with Gasteiger partial charge in [0.1, 0.15) is 17.4 Å². The van der Waals surface area contributed by atoms with E-state index in [4.69, 9.17) is 4.98 Å². The van der Waals surface area contributed by atoms with E-state index >= 15 is 0 Å². The molecule has 5 heteroatoms. The van der Waals surface area contributed by atoms with Gasteiger partial charge in [-0.25, -0.2) is 4.98 Å². The van der Waals surface area contributed by atoms with Crippen molar-refractivity contribution in [2.75, 3.05) is 31.5 Å². The maximum absolute atomic E-state index is 12.3. The molecule has 0 spiro atoms. The third-order valence-corrected chi connectivity index (χ3v) is 5.23. The van der Waals surface area contributed by atoms with Crippen LogP contribution in [-0.4, -0.2) is 47.6 Å². The molecule has 0 amide bonds. The Morgan fingerprint density at radius 2 is 2.20 bits per heavy atom. The van der Waals surface area contributed by atoms with E-state index < -0.39 is 0 Å². The van der Waals surface area contributed by atoms with E-state index in [1.165, 1.54) is 12.0 Å². The van der Waals surface area contributed by atoms with E-state index in [-0.39, 0.29) is 11.7 Å². The lowest BCUT2D eigenvalue weighted by Crippen LogP contribution is -2.27. The number of unbranched alkanes of at least 4 members (excludes halogenated alkanes) is 1. The Bertz CT molecular complexity index is 629. The molecule has 2 aliphatic heterocycles. The van der Waals surface area contributed by atoms with Gasteiger partial charge < -0.3 is 5.32 Å². The highest BCUT2D eigenvalue weighted by Crippen LogP contribution is 2.22. The Kier molecular flexibility index (Phi) is 6.19. The van der Waals surface area contributed by atoms with Crippen molar-refractivity contribution in [2.24, 2.45) is 5.92 Å². The molecule has 1 aromatic heterocycles. The highest BCUT2D eigenvalue weighted by molar-refractivity contribution is 5.82.